The van der Waals surface area contributed by atoms with Crippen LogP contribution in [-0.2, 0) is 0 Å². The van der Waals surface area contributed by atoms with Gasteiger partial charge in [-0.1, -0.05) is 0 Å². The highest BCUT2D eigenvalue weighted by Crippen LogP contribution is 2.12. The number of hydrogen-bond donors (Lipinski definition) is 3. The summed E-state index contributed by atoms with van der Waals surface area (Å²) in [6, 6.07) is 0. The van der Waals surface area contributed by atoms with Gasteiger partial charge in [0.05, 0.1) is 11.0 Å². The normalized spacial score (nSPS) is 33.0. The predicted octanol–water partition coefficient (Wildman–Crippen LogP) is -1.18. The molecule has 0 aromatic rings. The Labute approximate surface area is 68.7 Å². The first kappa shape index (κ1) is 8.95. The van der Waals surface area contributed by atoms with Crippen LogP contribution in [-0.4, -0.2) is 33.9 Å². The molecule has 0 amide bonds. The Balaban J connectivity index is 2.70. The molecule has 0 aromatic heterocycles. The molecule has 1 rings (SSSR count). The third-order valence-corrected chi connectivity index (χ3v) is 1.70. The van der Waals surface area contributed by atoms with Crippen LogP contribution < -0.4 is 5.32 Å². The van der Waals surface area contributed by atoms with Gasteiger partial charge in [0.25, 0.3) is 6.20 Å². The minimum atomic E-state index is -1.16. The maximum absolute atomic E-state index is 10.0. The third kappa shape index (κ3) is 1.93. The number of piperidine rings is 1. The van der Waals surface area contributed by atoms with Crippen molar-refractivity contribution in [2.24, 2.45) is 0 Å². The van der Waals surface area contributed by atoms with E-state index in [0.717, 1.165) is 0 Å². The summed E-state index contributed by atoms with van der Waals surface area (Å²) in [7, 11) is 0. The molecule has 0 radical (unpaired) electrons. The van der Waals surface area contributed by atoms with E-state index in [9.17, 15) is 15.2 Å². The number of nitro groups is 1. The maximum atomic E-state index is 10.0. The molecule has 6 nitrogen and oxygen atoms in total. The first-order valence-corrected chi connectivity index (χ1v) is 3.56. The molecule has 1 saturated heterocycles. The fourth-order valence-corrected chi connectivity index (χ4v) is 1.07. The molecular weight excluding hydrogens is 164 g/mol. The summed E-state index contributed by atoms with van der Waals surface area (Å²) >= 11 is 0. The van der Waals surface area contributed by atoms with Crippen molar-refractivity contribution in [1.82, 2.24) is 5.32 Å². The van der Waals surface area contributed by atoms with Crippen LogP contribution in [0.3, 0.4) is 0 Å². The van der Waals surface area contributed by atoms with E-state index in [1.54, 1.807) is 0 Å². The average Bonchev–Trinajstić information content (AvgIpc) is 1.98. The van der Waals surface area contributed by atoms with Crippen LogP contribution in [0.2, 0.25) is 0 Å². The molecule has 68 valence electrons. The molecule has 2 atom stereocenters. The number of nitrogens with zero attached hydrogens (tertiary/aromatic N) is 1. The molecule has 6 heteroatoms. The largest absolute Gasteiger partial charge is 0.390 e. The van der Waals surface area contributed by atoms with Crippen molar-refractivity contribution in [3.05, 3.63) is 22.0 Å². The van der Waals surface area contributed by atoms with Crippen molar-refractivity contribution >= 4 is 0 Å². The monoisotopic (exact) mass is 174 g/mol. The Bertz CT molecular complexity index is 216. The van der Waals surface area contributed by atoms with Crippen LogP contribution >= 0.6 is 0 Å². The van der Waals surface area contributed by atoms with Crippen LogP contribution in [0.1, 0.15) is 6.42 Å². The van der Waals surface area contributed by atoms with Crippen LogP contribution in [0, 0.1) is 10.1 Å². The van der Waals surface area contributed by atoms with Crippen LogP contribution in [0.4, 0.5) is 0 Å². The molecule has 0 saturated carbocycles. The number of aliphatic hydroxyl groups excluding tert-OH is 2. The molecule has 1 aliphatic rings. The number of aliphatic hydroxyl groups is 2. The van der Waals surface area contributed by atoms with Gasteiger partial charge in [0.15, 0.2) is 0 Å². The van der Waals surface area contributed by atoms with Gasteiger partial charge in [-0.15, -0.1) is 0 Å². The lowest BCUT2D eigenvalue weighted by Crippen LogP contribution is -2.42. The molecule has 1 heterocycles. The Kier molecular flexibility index (Phi) is 2.61. The quantitative estimate of drug-likeness (QED) is 0.343. The van der Waals surface area contributed by atoms with Gasteiger partial charge in [0.1, 0.15) is 11.8 Å². The molecule has 0 aliphatic carbocycles. The zero-order valence-corrected chi connectivity index (χ0v) is 6.30. The number of rotatable bonds is 1. The molecule has 0 aromatic carbocycles. The first-order chi connectivity index (χ1) is 5.61. The van der Waals surface area contributed by atoms with E-state index in [0.29, 0.717) is 19.2 Å². The van der Waals surface area contributed by atoms with Gasteiger partial charge in [-0.05, 0) is 6.42 Å². The van der Waals surface area contributed by atoms with Crippen molar-refractivity contribution < 1.29 is 15.1 Å². The van der Waals surface area contributed by atoms with E-state index in [1.807, 2.05) is 0 Å². The molecule has 0 unspecified atom stereocenters. The highest BCUT2D eigenvalue weighted by molar-refractivity contribution is 5.07. The lowest BCUT2D eigenvalue weighted by Gasteiger charge is -2.25. The highest BCUT2D eigenvalue weighted by Gasteiger charge is 2.26. The molecule has 12 heavy (non-hydrogen) atoms. The Morgan fingerprint density at radius 2 is 2.33 bits per heavy atom. The van der Waals surface area contributed by atoms with E-state index in [4.69, 9.17) is 5.11 Å². The van der Waals surface area contributed by atoms with Crippen LogP contribution in [0.5, 0.6) is 0 Å². The summed E-state index contributed by atoms with van der Waals surface area (Å²) < 4.78 is 0. The van der Waals surface area contributed by atoms with Crippen molar-refractivity contribution in [1.29, 1.82) is 0 Å². The zero-order valence-electron chi connectivity index (χ0n) is 6.30. The van der Waals surface area contributed by atoms with E-state index >= 15 is 0 Å². The minimum absolute atomic E-state index is 0.0683. The summed E-state index contributed by atoms with van der Waals surface area (Å²) in [5.74, 6) is 0. The third-order valence-electron chi connectivity index (χ3n) is 1.70. The summed E-state index contributed by atoms with van der Waals surface area (Å²) in [4.78, 5) is 9.35. The first-order valence-electron chi connectivity index (χ1n) is 3.56. The molecule has 1 fully saturated rings. The van der Waals surface area contributed by atoms with Gasteiger partial charge in [-0.25, -0.2) is 0 Å². The fraction of sp³-hybridized carbons (Fsp3) is 0.667. The Morgan fingerprint density at radius 3 is 2.92 bits per heavy atom. The minimum Gasteiger partial charge on any atom is -0.390 e. The fourth-order valence-electron chi connectivity index (χ4n) is 1.07. The highest BCUT2D eigenvalue weighted by atomic mass is 16.6. The topological polar surface area (TPSA) is 95.6 Å². The van der Waals surface area contributed by atoms with Crippen molar-refractivity contribution in [2.75, 3.05) is 6.54 Å². The van der Waals surface area contributed by atoms with Crippen molar-refractivity contribution in [3.63, 3.8) is 0 Å². The van der Waals surface area contributed by atoms with Crippen LogP contribution in [0.15, 0.2) is 11.9 Å². The molecule has 0 spiro atoms. The second-order valence-corrected chi connectivity index (χ2v) is 2.60. The van der Waals surface area contributed by atoms with Crippen LogP contribution in [0.25, 0.3) is 0 Å². The second-order valence-electron chi connectivity index (χ2n) is 2.60. The van der Waals surface area contributed by atoms with Gasteiger partial charge in [0, 0.05) is 6.54 Å². The van der Waals surface area contributed by atoms with Crippen molar-refractivity contribution in [3.8, 4) is 0 Å². The summed E-state index contributed by atoms with van der Waals surface area (Å²) in [5, 5.41) is 31.0. The maximum Gasteiger partial charge on any atom is 0.256 e. The molecule has 0 bridgehead atoms. The van der Waals surface area contributed by atoms with Crippen molar-refractivity contribution in [2.45, 2.75) is 18.6 Å². The number of nitrogens with one attached hydrogen (secondary N) is 1. The van der Waals surface area contributed by atoms with E-state index in [-0.39, 0.29) is 5.70 Å². The Morgan fingerprint density at radius 1 is 1.67 bits per heavy atom. The SMILES string of the molecule is O=[N+]([O-])/C=C1\NCC[C@@H](O)[C@@H]1O. The van der Waals surface area contributed by atoms with Gasteiger partial charge >= 0.3 is 0 Å². The summed E-state index contributed by atoms with van der Waals surface area (Å²) in [6.07, 6.45) is -0.995. The molecule has 1 aliphatic heterocycles. The zero-order chi connectivity index (χ0) is 9.14. The van der Waals surface area contributed by atoms with Gasteiger partial charge in [-0.3, -0.25) is 10.1 Å². The molecule has 3 N–H and O–H groups in total. The predicted molar refractivity (Wildman–Crippen MR) is 39.7 cm³/mol. The van der Waals surface area contributed by atoms with Gasteiger partial charge in [0.2, 0.25) is 0 Å². The van der Waals surface area contributed by atoms with E-state index in [1.165, 1.54) is 0 Å². The Hall–Kier alpha value is -1.14. The standard InChI is InChI=1S/C6H10N2O4/c9-5-1-2-7-4(6(5)10)3-8(11)12/h3,5-7,9-10H,1-2H2/b4-3-/t5-,6-/m1/s1. The summed E-state index contributed by atoms with van der Waals surface area (Å²) in [5.41, 5.74) is 0.0683. The second kappa shape index (κ2) is 3.51. The van der Waals surface area contributed by atoms with E-state index < -0.39 is 17.1 Å². The van der Waals surface area contributed by atoms with E-state index in [2.05, 4.69) is 5.32 Å². The molecular formula is C6H10N2O4. The average molecular weight is 174 g/mol. The smallest absolute Gasteiger partial charge is 0.256 e. The summed E-state index contributed by atoms with van der Waals surface area (Å²) in [6.45, 7) is 0.442. The number of hydrogen-bond acceptors (Lipinski definition) is 5. The van der Waals surface area contributed by atoms with Gasteiger partial charge < -0.3 is 15.5 Å². The lowest BCUT2D eigenvalue weighted by atomic mass is 10.0. The van der Waals surface area contributed by atoms with Gasteiger partial charge in [-0.2, -0.15) is 0 Å². The lowest BCUT2D eigenvalue weighted by molar-refractivity contribution is -0.404.